The van der Waals surface area contributed by atoms with Crippen molar-refractivity contribution in [3.63, 3.8) is 0 Å². The van der Waals surface area contributed by atoms with Crippen LogP contribution in [0.25, 0.3) is 0 Å². The molecule has 0 aliphatic heterocycles. The fourth-order valence-corrected chi connectivity index (χ4v) is 2.50. The Hall–Kier alpha value is -0.530. The molecule has 68 valence electrons. The lowest BCUT2D eigenvalue weighted by molar-refractivity contribution is 0.648. The van der Waals surface area contributed by atoms with Gasteiger partial charge in [-0.1, -0.05) is 10.3 Å². The van der Waals surface area contributed by atoms with E-state index in [0.717, 1.165) is 4.47 Å². The zero-order chi connectivity index (χ0) is 9.26. The number of tetrazole rings is 1. The molecular formula is C6H5BrN4S2. The molecule has 0 bridgehead atoms. The standard InChI is InChI=1S/C6H5BrN4S2/c7-4-1-5(13-3-4)2-11-6(12)8-9-10-11/h1,3H,2H2,(H,8,10,12). The Morgan fingerprint density at radius 1 is 1.69 bits per heavy atom. The van der Waals surface area contributed by atoms with Crippen molar-refractivity contribution in [1.82, 2.24) is 20.2 Å². The van der Waals surface area contributed by atoms with Crippen molar-refractivity contribution in [1.29, 1.82) is 0 Å². The number of nitrogens with one attached hydrogen (secondary N) is 1. The molecule has 2 aromatic rings. The second kappa shape index (κ2) is 3.69. The maximum atomic E-state index is 4.94. The Bertz CT molecular complexity index is 457. The third-order valence-corrected chi connectivity index (χ3v) is 3.45. The Balaban J connectivity index is 2.24. The van der Waals surface area contributed by atoms with E-state index in [-0.39, 0.29) is 0 Å². The van der Waals surface area contributed by atoms with Gasteiger partial charge in [-0.15, -0.1) is 11.3 Å². The summed E-state index contributed by atoms with van der Waals surface area (Å²) in [5.41, 5.74) is 0. The third kappa shape index (κ3) is 2.04. The van der Waals surface area contributed by atoms with Crippen molar-refractivity contribution >= 4 is 39.5 Å². The molecule has 1 N–H and O–H groups in total. The molecular weight excluding hydrogens is 272 g/mol. The summed E-state index contributed by atoms with van der Waals surface area (Å²) < 4.78 is 3.28. The Morgan fingerprint density at radius 2 is 2.54 bits per heavy atom. The van der Waals surface area contributed by atoms with E-state index in [4.69, 9.17) is 12.2 Å². The summed E-state index contributed by atoms with van der Waals surface area (Å²) in [4.78, 5) is 1.20. The number of halogens is 1. The molecule has 0 atom stereocenters. The molecule has 0 aliphatic carbocycles. The number of H-pyrrole nitrogens is 1. The predicted octanol–water partition coefficient (Wildman–Crippen LogP) is 2.21. The van der Waals surface area contributed by atoms with Crippen LogP contribution in [0.5, 0.6) is 0 Å². The Labute approximate surface area is 91.7 Å². The van der Waals surface area contributed by atoms with Crippen molar-refractivity contribution in [3.05, 3.63) is 25.6 Å². The summed E-state index contributed by atoms with van der Waals surface area (Å²) in [6, 6.07) is 2.05. The number of aromatic nitrogens is 4. The van der Waals surface area contributed by atoms with Gasteiger partial charge in [-0.2, -0.15) is 5.21 Å². The summed E-state index contributed by atoms with van der Waals surface area (Å²) in [5.74, 6) is 0. The third-order valence-electron chi connectivity index (χ3n) is 1.47. The van der Waals surface area contributed by atoms with Crippen molar-refractivity contribution in [2.24, 2.45) is 0 Å². The molecule has 7 heteroatoms. The molecule has 2 heterocycles. The topological polar surface area (TPSA) is 46.5 Å². The average Bonchev–Trinajstić information content (AvgIpc) is 2.64. The van der Waals surface area contributed by atoms with Gasteiger partial charge in [0.1, 0.15) is 0 Å². The van der Waals surface area contributed by atoms with Gasteiger partial charge in [0.05, 0.1) is 6.54 Å². The molecule has 2 aromatic heterocycles. The number of thiophene rings is 1. The summed E-state index contributed by atoms with van der Waals surface area (Å²) in [5, 5.41) is 12.0. The molecule has 0 aliphatic rings. The second-order valence-electron chi connectivity index (χ2n) is 2.40. The lowest BCUT2D eigenvalue weighted by Gasteiger charge is -1.95. The summed E-state index contributed by atoms with van der Waals surface area (Å²) in [6.07, 6.45) is 0. The monoisotopic (exact) mass is 276 g/mol. The number of hydrogen-bond acceptors (Lipinski definition) is 4. The van der Waals surface area contributed by atoms with Crippen molar-refractivity contribution in [2.75, 3.05) is 0 Å². The van der Waals surface area contributed by atoms with Crippen molar-refractivity contribution < 1.29 is 0 Å². The van der Waals surface area contributed by atoms with E-state index in [1.54, 1.807) is 16.0 Å². The zero-order valence-electron chi connectivity index (χ0n) is 6.40. The fourth-order valence-electron chi connectivity index (χ4n) is 0.911. The van der Waals surface area contributed by atoms with Crippen LogP contribution in [-0.4, -0.2) is 20.2 Å². The molecule has 0 aromatic carbocycles. The minimum absolute atomic E-state index is 0.476. The summed E-state index contributed by atoms with van der Waals surface area (Å²) in [7, 11) is 0. The van der Waals surface area contributed by atoms with Crippen LogP contribution in [0.15, 0.2) is 15.9 Å². The first-order valence-corrected chi connectivity index (χ1v) is 5.54. The number of nitrogens with zero attached hydrogens (tertiary/aromatic N) is 3. The van der Waals surface area contributed by atoms with Gasteiger partial charge in [-0.25, -0.2) is 4.68 Å². The van der Waals surface area contributed by atoms with Crippen LogP contribution in [0.2, 0.25) is 0 Å². The molecule has 0 saturated carbocycles. The molecule has 13 heavy (non-hydrogen) atoms. The highest BCUT2D eigenvalue weighted by atomic mass is 79.9. The van der Waals surface area contributed by atoms with E-state index < -0.39 is 0 Å². The Morgan fingerprint density at radius 3 is 3.08 bits per heavy atom. The minimum atomic E-state index is 0.476. The zero-order valence-corrected chi connectivity index (χ0v) is 9.62. The van der Waals surface area contributed by atoms with Crippen LogP contribution in [0, 0.1) is 4.77 Å². The van der Waals surface area contributed by atoms with Gasteiger partial charge in [0, 0.05) is 14.7 Å². The molecule has 0 unspecified atom stereocenters. The first-order chi connectivity index (χ1) is 6.25. The molecule has 4 nitrogen and oxygen atoms in total. The van der Waals surface area contributed by atoms with Crippen LogP contribution < -0.4 is 0 Å². The van der Waals surface area contributed by atoms with Crippen molar-refractivity contribution in [2.45, 2.75) is 6.54 Å². The van der Waals surface area contributed by atoms with Gasteiger partial charge < -0.3 is 0 Å². The first kappa shape index (κ1) is 9.04. The van der Waals surface area contributed by atoms with E-state index in [0.29, 0.717) is 11.3 Å². The van der Waals surface area contributed by atoms with Crippen LogP contribution >= 0.6 is 39.5 Å². The highest BCUT2D eigenvalue weighted by Crippen LogP contribution is 2.20. The van der Waals surface area contributed by atoms with Crippen LogP contribution in [-0.2, 0) is 6.54 Å². The normalized spacial score (nSPS) is 10.5. The highest BCUT2D eigenvalue weighted by molar-refractivity contribution is 9.10. The largest absolute Gasteiger partial charge is 0.238 e. The highest BCUT2D eigenvalue weighted by Gasteiger charge is 2.00. The van der Waals surface area contributed by atoms with E-state index in [1.807, 2.05) is 11.4 Å². The van der Waals surface area contributed by atoms with Gasteiger partial charge in [0.15, 0.2) is 0 Å². The fraction of sp³-hybridized carbons (Fsp3) is 0.167. The van der Waals surface area contributed by atoms with Gasteiger partial charge in [0.2, 0.25) is 4.77 Å². The molecule has 2 rings (SSSR count). The molecule has 0 saturated heterocycles. The van der Waals surface area contributed by atoms with Crippen LogP contribution in [0.4, 0.5) is 0 Å². The summed E-state index contributed by atoms with van der Waals surface area (Å²) >= 11 is 10.00. The van der Waals surface area contributed by atoms with E-state index >= 15 is 0 Å². The molecule has 0 fully saturated rings. The predicted molar refractivity (Wildman–Crippen MR) is 56.3 cm³/mol. The molecule has 0 amide bonds. The molecule has 0 radical (unpaired) electrons. The first-order valence-electron chi connectivity index (χ1n) is 3.46. The van der Waals surface area contributed by atoms with E-state index in [2.05, 4.69) is 31.5 Å². The van der Waals surface area contributed by atoms with Gasteiger partial charge >= 0.3 is 0 Å². The second-order valence-corrected chi connectivity index (χ2v) is 4.68. The van der Waals surface area contributed by atoms with Crippen molar-refractivity contribution in [3.8, 4) is 0 Å². The Kier molecular flexibility index (Phi) is 2.56. The van der Waals surface area contributed by atoms with Gasteiger partial charge in [0.25, 0.3) is 0 Å². The lowest BCUT2D eigenvalue weighted by Crippen LogP contribution is -1.99. The number of aromatic amines is 1. The SMILES string of the molecule is S=c1nn[nH]n1Cc1cc(Br)cs1. The maximum absolute atomic E-state index is 4.94. The van der Waals surface area contributed by atoms with Crippen LogP contribution in [0.1, 0.15) is 4.88 Å². The molecule has 0 spiro atoms. The minimum Gasteiger partial charge on any atom is -0.237 e. The quantitative estimate of drug-likeness (QED) is 0.856. The maximum Gasteiger partial charge on any atom is 0.238 e. The smallest absolute Gasteiger partial charge is 0.237 e. The summed E-state index contributed by atoms with van der Waals surface area (Å²) in [6.45, 7) is 0.697. The van der Waals surface area contributed by atoms with Gasteiger partial charge in [-0.3, -0.25) is 0 Å². The lowest BCUT2D eigenvalue weighted by atomic mass is 10.5. The number of hydrogen-bond donors (Lipinski definition) is 1. The average molecular weight is 277 g/mol. The van der Waals surface area contributed by atoms with E-state index in [1.165, 1.54) is 4.88 Å². The van der Waals surface area contributed by atoms with Gasteiger partial charge in [-0.05, 0) is 34.2 Å². The van der Waals surface area contributed by atoms with Crippen LogP contribution in [0.3, 0.4) is 0 Å². The number of rotatable bonds is 2. The van der Waals surface area contributed by atoms with E-state index in [9.17, 15) is 0 Å².